The summed E-state index contributed by atoms with van der Waals surface area (Å²) in [5.74, 6) is 2.75. The Morgan fingerprint density at radius 3 is 2.57 bits per heavy atom. The lowest BCUT2D eigenvalue weighted by molar-refractivity contribution is 0.0910. The highest BCUT2D eigenvalue weighted by atomic mass is 32.2. The Balaban J connectivity index is 1.40. The maximum atomic E-state index is 12.6. The fourth-order valence-electron chi connectivity index (χ4n) is 3.90. The summed E-state index contributed by atoms with van der Waals surface area (Å²) < 4.78 is 5.90. The van der Waals surface area contributed by atoms with Crippen LogP contribution in [0.25, 0.3) is 11.5 Å². The SMILES string of the molecule is Cc1oc(-c2ccc(C(=O)N[C@@H]3CCCC[C@@H]3C)cc2)nc1CSc1ccccc1. The molecule has 1 N–H and O–H groups in total. The summed E-state index contributed by atoms with van der Waals surface area (Å²) in [5, 5.41) is 3.21. The molecule has 1 heterocycles. The Bertz CT molecular complexity index is 982. The molecule has 1 saturated carbocycles. The van der Waals surface area contributed by atoms with Crippen molar-refractivity contribution in [2.45, 2.75) is 56.2 Å². The lowest BCUT2D eigenvalue weighted by atomic mass is 9.86. The minimum absolute atomic E-state index is 0.00355. The number of thioether (sulfide) groups is 1. The van der Waals surface area contributed by atoms with Crippen molar-refractivity contribution in [3.05, 3.63) is 71.6 Å². The zero-order valence-corrected chi connectivity index (χ0v) is 18.4. The molecule has 1 aromatic heterocycles. The van der Waals surface area contributed by atoms with Crippen molar-refractivity contribution < 1.29 is 9.21 Å². The molecule has 1 amide bonds. The van der Waals surface area contributed by atoms with Crippen LogP contribution >= 0.6 is 11.8 Å². The molecular formula is C25H28N2O2S. The van der Waals surface area contributed by atoms with Gasteiger partial charge in [-0.05, 0) is 62.1 Å². The summed E-state index contributed by atoms with van der Waals surface area (Å²) in [7, 11) is 0. The second-order valence-corrected chi connectivity index (χ2v) is 9.09. The molecular weight excluding hydrogens is 392 g/mol. The molecule has 3 aromatic rings. The van der Waals surface area contributed by atoms with Gasteiger partial charge in [0, 0.05) is 27.8 Å². The molecule has 1 fully saturated rings. The molecule has 156 valence electrons. The summed E-state index contributed by atoms with van der Waals surface area (Å²) in [6.45, 7) is 4.18. The number of carbonyl (C=O) groups excluding carboxylic acids is 1. The zero-order valence-electron chi connectivity index (χ0n) is 17.6. The van der Waals surface area contributed by atoms with Crippen LogP contribution in [0.1, 0.15) is 54.4 Å². The van der Waals surface area contributed by atoms with E-state index in [9.17, 15) is 4.79 Å². The largest absolute Gasteiger partial charge is 0.441 e. The van der Waals surface area contributed by atoms with Gasteiger partial charge < -0.3 is 9.73 Å². The van der Waals surface area contributed by atoms with E-state index in [1.165, 1.54) is 24.2 Å². The Kier molecular flexibility index (Phi) is 6.58. The number of hydrogen-bond donors (Lipinski definition) is 1. The van der Waals surface area contributed by atoms with E-state index in [1.807, 2.05) is 49.4 Å². The van der Waals surface area contributed by atoms with Crippen molar-refractivity contribution in [1.82, 2.24) is 10.3 Å². The van der Waals surface area contributed by atoms with E-state index in [0.29, 0.717) is 17.4 Å². The van der Waals surface area contributed by atoms with Crippen molar-refractivity contribution in [3.63, 3.8) is 0 Å². The number of amides is 1. The third-order valence-corrected chi connectivity index (χ3v) is 6.86. The fourth-order valence-corrected chi connectivity index (χ4v) is 4.82. The number of nitrogens with one attached hydrogen (secondary N) is 1. The quantitative estimate of drug-likeness (QED) is 0.479. The van der Waals surface area contributed by atoms with Crippen molar-refractivity contribution in [3.8, 4) is 11.5 Å². The minimum Gasteiger partial charge on any atom is -0.441 e. The van der Waals surface area contributed by atoms with Crippen molar-refractivity contribution >= 4 is 17.7 Å². The van der Waals surface area contributed by atoms with E-state index in [-0.39, 0.29) is 11.9 Å². The molecule has 1 aliphatic carbocycles. The predicted octanol–water partition coefficient (Wildman–Crippen LogP) is 6.25. The lowest BCUT2D eigenvalue weighted by Gasteiger charge is -2.29. The second kappa shape index (κ2) is 9.52. The molecule has 5 heteroatoms. The van der Waals surface area contributed by atoms with Gasteiger partial charge in [0.25, 0.3) is 5.91 Å². The van der Waals surface area contributed by atoms with Gasteiger partial charge in [0.2, 0.25) is 5.89 Å². The van der Waals surface area contributed by atoms with E-state index in [1.54, 1.807) is 11.8 Å². The van der Waals surface area contributed by atoms with Crippen LogP contribution in [-0.4, -0.2) is 16.9 Å². The van der Waals surface area contributed by atoms with Gasteiger partial charge in [-0.3, -0.25) is 4.79 Å². The first-order valence-electron chi connectivity index (χ1n) is 10.7. The highest BCUT2D eigenvalue weighted by Crippen LogP contribution is 2.28. The van der Waals surface area contributed by atoms with Crippen LogP contribution in [0.2, 0.25) is 0 Å². The minimum atomic E-state index is 0.00355. The van der Waals surface area contributed by atoms with Crippen LogP contribution in [0, 0.1) is 12.8 Å². The molecule has 0 aliphatic heterocycles. The fraction of sp³-hybridized carbons (Fsp3) is 0.360. The van der Waals surface area contributed by atoms with Gasteiger partial charge in [0.1, 0.15) is 5.76 Å². The molecule has 0 radical (unpaired) electrons. The molecule has 0 unspecified atom stereocenters. The number of benzene rings is 2. The summed E-state index contributed by atoms with van der Waals surface area (Å²) in [5.41, 5.74) is 2.52. The number of nitrogens with zero attached hydrogens (tertiary/aromatic N) is 1. The summed E-state index contributed by atoms with van der Waals surface area (Å²) in [6, 6.07) is 18.1. The monoisotopic (exact) mass is 420 g/mol. The maximum absolute atomic E-state index is 12.6. The van der Waals surface area contributed by atoms with Gasteiger partial charge in [-0.1, -0.05) is 38.0 Å². The highest BCUT2D eigenvalue weighted by molar-refractivity contribution is 7.98. The molecule has 4 nitrogen and oxygen atoms in total. The van der Waals surface area contributed by atoms with Crippen LogP contribution in [0.5, 0.6) is 0 Å². The van der Waals surface area contributed by atoms with Gasteiger partial charge in [0.15, 0.2) is 0 Å². The van der Waals surface area contributed by atoms with Gasteiger partial charge >= 0.3 is 0 Å². The Hall–Kier alpha value is -2.53. The third kappa shape index (κ3) is 4.96. The van der Waals surface area contributed by atoms with Crippen LogP contribution in [0.4, 0.5) is 0 Å². The molecule has 2 aromatic carbocycles. The number of aromatic nitrogens is 1. The van der Waals surface area contributed by atoms with Gasteiger partial charge in [-0.25, -0.2) is 4.98 Å². The number of oxazole rings is 1. The Labute approximate surface area is 182 Å². The number of hydrogen-bond acceptors (Lipinski definition) is 4. The molecule has 0 spiro atoms. The molecule has 2 atom stereocenters. The van der Waals surface area contributed by atoms with Crippen molar-refractivity contribution in [1.29, 1.82) is 0 Å². The molecule has 1 aliphatic rings. The Morgan fingerprint density at radius 1 is 1.10 bits per heavy atom. The third-order valence-electron chi connectivity index (χ3n) is 5.83. The van der Waals surface area contributed by atoms with E-state index >= 15 is 0 Å². The van der Waals surface area contributed by atoms with E-state index in [0.717, 1.165) is 29.2 Å². The summed E-state index contributed by atoms with van der Waals surface area (Å²) in [6.07, 6.45) is 4.73. The normalized spacial score (nSPS) is 18.9. The maximum Gasteiger partial charge on any atom is 0.251 e. The van der Waals surface area contributed by atoms with Gasteiger partial charge in [-0.15, -0.1) is 11.8 Å². The lowest BCUT2D eigenvalue weighted by Crippen LogP contribution is -2.41. The predicted molar refractivity (Wildman–Crippen MR) is 122 cm³/mol. The smallest absolute Gasteiger partial charge is 0.251 e. The zero-order chi connectivity index (χ0) is 20.9. The first-order chi connectivity index (χ1) is 14.6. The topological polar surface area (TPSA) is 55.1 Å². The van der Waals surface area contributed by atoms with Crippen LogP contribution in [0.3, 0.4) is 0 Å². The average molecular weight is 421 g/mol. The average Bonchev–Trinajstić information content (AvgIpc) is 3.15. The highest BCUT2D eigenvalue weighted by Gasteiger charge is 2.23. The molecule has 0 saturated heterocycles. The first-order valence-corrected chi connectivity index (χ1v) is 11.6. The standard InChI is InChI=1S/C25H28N2O2S/c1-17-8-6-7-11-22(17)26-24(28)19-12-14-20(15-13-19)25-27-23(18(2)29-25)16-30-21-9-4-3-5-10-21/h3-5,9-10,12-15,17,22H,6-8,11,16H2,1-2H3,(H,26,28)/t17-,22+/m0/s1. The van der Waals surface area contributed by atoms with Crippen LogP contribution in [0.15, 0.2) is 63.9 Å². The van der Waals surface area contributed by atoms with E-state index in [4.69, 9.17) is 4.42 Å². The van der Waals surface area contributed by atoms with Crippen LogP contribution in [-0.2, 0) is 5.75 Å². The van der Waals surface area contributed by atoms with E-state index in [2.05, 4.69) is 29.4 Å². The van der Waals surface area contributed by atoms with Gasteiger partial charge in [0.05, 0.1) is 5.69 Å². The first kappa shape index (κ1) is 20.7. The summed E-state index contributed by atoms with van der Waals surface area (Å²) in [4.78, 5) is 18.5. The summed E-state index contributed by atoms with van der Waals surface area (Å²) >= 11 is 1.74. The second-order valence-electron chi connectivity index (χ2n) is 8.04. The molecule has 4 rings (SSSR count). The van der Waals surface area contributed by atoms with E-state index < -0.39 is 0 Å². The Morgan fingerprint density at radius 2 is 1.83 bits per heavy atom. The van der Waals surface area contributed by atoms with Crippen molar-refractivity contribution in [2.75, 3.05) is 0 Å². The van der Waals surface area contributed by atoms with Gasteiger partial charge in [-0.2, -0.15) is 0 Å². The number of aryl methyl sites for hydroxylation is 1. The molecule has 30 heavy (non-hydrogen) atoms. The number of rotatable bonds is 6. The van der Waals surface area contributed by atoms with Crippen LogP contribution < -0.4 is 5.32 Å². The van der Waals surface area contributed by atoms with Crippen molar-refractivity contribution in [2.24, 2.45) is 5.92 Å². The number of carbonyl (C=O) groups is 1. The molecule has 0 bridgehead atoms.